The van der Waals surface area contributed by atoms with Crippen molar-refractivity contribution < 1.29 is 31.4 Å². The van der Waals surface area contributed by atoms with Crippen molar-refractivity contribution in [2.75, 3.05) is 0 Å². The molecular weight excluding hydrogens is 1750 g/mol. The van der Waals surface area contributed by atoms with Gasteiger partial charge in [0.25, 0.3) is 0 Å². The first kappa shape index (κ1) is 94.0. The molecule has 0 aliphatic heterocycles. The average molecular weight is 1890 g/mol. The molecule has 8 heterocycles. The predicted molar refractivity (Wildman–Crippen MR) is 600 cm³/mol. The fourth-order valence-corrected chi connectivity index (χ4v) is 28.3. The van der Waals surface area contributed by atoms with Gasteiger partial charge in [0.1, 0.15) is 65.8 Å². The van der Waals surface area contributed by atoms with E-state index in [0.717, 1.165) is 68.8 Å². The zero-order chi connectivity index (χ0) is 100. The summed E-state index contributed by atoms with van der Waals surface area (Å²) < 4.78 is 33.9. The molecule has 0 unspecified atom stereocenters. The summed E-state index contributed by atoms with van der Waals surface area (Å²) in [5, 5.41) is 9.98. The maximum Gasteiger partial charge on any atom is 0.216 e. The number of rotatable bonds is 12. The van der Waals surface area contributed by atoms with Crippen LogP contribution in [-0.4, -0.2) is 4.98 Å². The van der Waals surface area contributed by atoms with Gasteiger partial charge in [0.15, 0.2) is 18.6 Å². The third kappa shape index (κ3) is 14.5. The van der Waals surface area contributed by atoms with E-state index in [2.05, 4.69) is 423 Å². The summed E-state index contributed by atoms with van der Waals surface area (Å²) in [5.41, 5.74) is 54.8. The largest absolute Gasteiger partial charge is 0.455 e. The third-order valence-corrected chi connectivity index (χ3v) is 34.5. The lowest BCUT2D eigenvalue weighted by Gasteiger charge is -2.36. The van der Waals surface area contributed by atoms with Gasteiger partial charge in [-0.15, -0.1) is 0 Å². The summed E-state index contributed by atoms with van der Waals surface area (Å²) in [4.78, 5) is 4.90. The van der Waals surface area contributed by atoms with Crippen LogP contribution in [0.5, 0.6) is 0 Å². The molecule has 6 aliphatic carbocycles. The van der Waals surface area contributed by atoms with E-state index in [-0.39, 0.29) is 21.7 Å². The van der Waals surface area contributed by atoms with E-state index in [4.69, 9.17) is 22.7 Å². The number of aromatic nitrogens is 4. The third-order valence-electron chi connectivity index (χ3n) is 34.5. The number of fused-ring (bicyclic) bond motifs is 31. The smallest absolute Gasteiger partial charge is 0.216 e. The van der Waals surface area contributed by atoms with E-state index >= 15 is 0 Å². The number of aryl methyl sites for hydroxylation is 10. The fourth-order valence-electron chi connectivity index (χ4n) is 28.3. The molecule has 12 aromatic carbocycles. The first-order chi connectivity index (χ1) is 69.2. The lowest BCUT2D eigenvalue weighted by molar-refractivity contribution is -0.661. The van der Waals surface area contributed by atoms with Gasteiger partial charge in [-0.1, -0.05) is 286 Å². The van der Waals surface area contributed by atoms with Crippen LogP contribution in [0.25, 0.3) is 177 Å². The Morgan fingerprint density at radius 1 is 0.292 bits per heavy atom. The van der Waals surface area contributed by atoms with Crippen molar-refractivity contribution in [1.82, 2.24) is 4.98 Å². The molecule has 26 rings (SSSR count). The van der Waals surface area contributed by atoms with Gasteiger partial charge in [0.2, 0.25) is 17.1 Å². The van der Waals surface area contributed by atoms with E-state index in [1.165, 1.54) is 278 Å². The highest BCUT2D eigenvalue weighted by molar-refractivity contribution is 6.18. The van der Waals surface area contributed by atoms with Crippen molar-refractivity contribution in [3.8, 4) is 89.5 Å². The van der Waals surface area contributed by atoms with Crippen LogP contribution >= 0.6 is 0 Å². The van der Waals surface area contributed by atoms with Gasteiger partial charge in [0, 0.05) is 111 Å². The number of hydrogen-bond acceptors (Lipinski definition) is 5. The summed E-state index contributed by atoms with van der Waals surface area (Å²) in [6.45, 7) is 47.7. The molecule has 8 heteroatoms. The summed E-state index contributed by atoms with van der Waals surface area (Å²) in [6.07, 6.45) is 21.3. The Hall–Kier alpha value is -13.6. The minimum absolute atomic E-state index is 0.0334. The molecule has 0 N–H and O–H groups in total. The van der Waals surface area contributed by atoms with Gasteiger partial charge >= 0.3 is 0 Å². The predicted octanol–water partition coefficient (Wildman–Crippen LogP) is 35.9. The van der Waals surface area contributed by atoms with E-state index < -0.39 is 0 Å². The first-order valence-electron chi connectivity index (χ1n) is 53.6. The van der Waals surface area contributed by atoms with Crippen molar-refractivity contribution in [3.05, 3.63) is 355 Å². The standard InChI is InChI=1S/C36H39NO.2C34H34NO.C32H32NO/c1-21(2)18-36(19-22(3)4)30-14-9-8-11-25(30)26-15-16-32-33(34(26)36)28-13-10-12-27(35(28)38-32)31-17-24(7)29(20-37-31)23(5)6;1-20(2)26-19-35(5)28(18-22(26)4)30-21(3)12-13-25-31-29(36-33(25)30)15-14-24-23-10-6-7-11-27(23)34(32(24)31)16-8-9-17-34;1-20(2)27-19-35(5)30(16-22(27)4)32-21(3)12-13-24-26-17-25-23-10-6-7-11-28(23)34(14-8-9-15-34)29(25)18-31(26)36-33(24)32;1-18(2)24-17-33(7)26(16-20(24)4)28-19(3)12-13-23-29-27(34-31(23)28)15-14-22-21-10-8-9-11-25(21)32(5,6)30(22)29/h8-17,20-23H,18-19H2,1-7H3;6-7,10-15,18-20H,8-9,16-17H2,1-5H3;6-7,10-13,16-20H,8-9,14-15H2,1-5H3;8-18H,1-7H3/q;3*+1. The molecule has 0 radical (unpaired) electrons. The molecule has 144 heavy (non-hydrogen) atoms. The van der Waals surface area contributed by atoms with Gasteiger partial charge in [-0.25, -0.2) is 13.7 Å². The van der Waals surface area contributed by atoms with Crippen LogP contribution in [0.2, 0.25) is 0 Å². The molecule has 0 saturated heterocycles. The normalized spacial score (nSPS) is 15.1. The number of furan rings is 4. The van der Waals surface area contributed by atoms with Gasteiger partial charge in [0.05, 0.1) is 22.4 Å². The topological polar surface area (TPSA) is 77.1 Å². The van der Waals surface area contributed by atoms with Crippen molar-refractivity contribution in [1.29, 1.82) is 0 Å². The number of pyridine rings is 4. The van der Waals surface area contributed by atoms with Gasteiger partial charge < -0.3 is 17.7 Å². The highest BCUT2D eigenvalue weighted by Gasteiger charge is 2.50. The highest BCUT2D eigenvalue weighted by Crippen LogP contribution is 2.64. The molecule has 2 saturated carbocycles. The molecule has 8 aromatic heterocycles. The lowest BCUT2D eigenvalue weighted by Crippen LogP contribution is -2.32. The van der Waals surface area contributed by atoms with Gasteiger partial charge in [-0.3, -0.25) is 4.98 Å². The molecule has 724 valence electrons. The Balaban J connectivity index is 0.000000106. The summed E-state index contributed by atoms with van der Waals surface area (Å²) in [5.74, 6) is 3.10. The Morgan fingerprint density at radius 2 is 0.660 bits per heavy atom. The van der Waals surface area contributed by atoms with Crippen molar-refractivity contribution in [2.45, 2.75) is 255 Å². The zero-order valence-corrected chi connectivity index (χ0v) is 89.1. The molecule has 2 spiro atoms. The van der Waals surface area contributed by atoms with Crippen LogP contribution in [0.15, 0.2) is 267 Å². The second-order valence-electron chi connectivity index (χ2n) is 46.4. The van der Waals surface area contributed by atoms with E-state index in [9.17, 15) is 0 Å². The first-order valence-corrected chi connectivity index (χ1v) is 53.6. The SMILES string of the molecule is Cc1cc(-c2c(C)ccc3c2oc2cc4c(cc23)-c2ccccc2C42CCCC2)[n+](C)cc1C(C)C.Cc1cc(-c2c(C)ccc3c2oc2ccc4c(c23)C(C)(C)c2ccccc2-4)[n+](C)cc1C(C)C.Cc1cc(-c2c(C)ccc3c2oc2ccc4c(c23)C2(CCCC2)c2ccccc2-4)[n+](C)cc1C(C)C.Cc1cc(-c2cccc3c2oc2ccc4c(c23)C(CC(C)C)(CC(C)C)c2ccccc2-4)ncc1C(C)C. The van der Waals surface area contributed by atoms with Crippen molar-refractivity contribution in [3.63, 3.8) is 0 Å². The number of benzene rings is 12. The summed E-state index contributed by atoms with van der Waals surface area (Å²) in [6, 6.07) is 83.9. The second-order valence-corrected chi connectivity index (χ2v) is 46.4. The Kier molecular flexibility index (Phi) is 23.0. The number of hydrogen-bond donors (Lipinski definition) is 0. The van der Waals surface area contributed by atoms with E-state index in [1.807, 2.05) is 6.20 Å². The minimum Gasteiger partial charge on any atom is -0.455 e. The minimum atomic E-state index is -0.0759. The van der Waals surface area contributed by atoms with Crippen LogP contribution in [0.4, 0.5) is 0 Å². The maximum atomic E-state index is 6.80. The molecule has 8 nitrogen and oxygen atoms in total. The second kappa shape index (κ2) is 35.2. The van der Waals surface area contributed by atoms with Crippen LogP contribution in [-0.2, 0) is 42.8 Å². The van der Waals surface area contributed by atoms with Crippen LogP contribution in [0.3, 0.4) is 0 Å². The van der Waals surface area contributed by atoms with Gasteiger partial charge in [-0.2, -0.15) is 0 Å². The van der Waals surface area contributed by atoms with E-state index in [1.54, 1.807) is 0 Å². The van der Waals surface area contributed by atoms with E-state index in [0.29, 0.717) is 35.5 Å². The molecule has 0 amide bonds. The maximum absolute atomic E-state index is 6.80. The molecule has 20 aromatic rings. The quantitative estimate of drug-likeness (QED) is 0.114. The van der Waals surface area contributed by atoms with Crippen LogP contribution < -0.4 is 13.7 Å². The summed E-state index contributed by atoms with van der Waals surface area (Å²) >= 11 is 0. The Bertz CT molecular complexity index is 8680. The molecule has 2 fully saturated rings. The van der Waals surface area contributed by atoms with Gasteiger partial charge in [-0.05, 0) is 298 Å². The Labute approximate surface area is 850 Å². The number of nitrogens with zero attached hydrogens (tertiary/aromatic N) is 4. The molecule has 6 aliphatic rings. The molecule has 0 atom stereocenters. The van der Waals surface area contributed by atoms with Crippen LogP contribution in [0.1, 0.15) is 291 Å². The average Bonchev–Trinajstić information content (AvgIpc) is 1.54. The summed E-state index contributed by atoms with van der Waals surface area (Å²) in [7, 11) is 6.49. The lowest BCUT2D eigenvalue weighted by atomic mass is 9.67. The monoisotopic (exact) mass is 1890 g/mol. The highest BCUT2D eigenvalue weighted by atomic mass is 16.3. The molecular formula is C136H139N4O4+3. The van der Waals surface area contributed by atoms with Crippen molar-refractivity contribution >= 4 is 87.8 Å². The zero-order valence-electron chi connectivity index (χ0n) is 89.1. The molecule has 0 bridgehead atoms. The number of para-hydroxylation sites is 1. The van der Waals surface area contributed by atoms with Crippen LogP contribution in [0, 0.1) is 60.3 Å². The Morgan fingerprint density at radius 3 is 1.14 bits per heavy atom. The fraction of sp³-hybridized carbons (Fsp3) is 0.324. The van der Waals surface area contributed by atoms with Crippen molar-refractivity contribution in [2.24, 2.45) is 33.0 Å².